The van der Waals surface area contributed by atoms with Crippen molar-refractivity contribution in [2.24, 2.45) is 11.8 Å². The number of aromatic nitrogens is 4. The lowest BCUT2D eigenvalue weighted by Gasteiger charge is -2.28. The van der Waals surface area contributed by atoms with E-state index in [1.807, 2.05) is 19.9 Å². The fraction of sp³-hybridized carbons (Fsp3) is 0.600. The van der Waals surface area contributed by atoms with Crippen LogP contribution in [-0.4, -0.2) is 78.9 Å². The highest BCUT2D eigenvalue weighted by Gasteiger charge is 2.48. The van der Waals surface area contributed by atoms with Gasteiger partial charge in [0, 0.05) is 31.2 Å². The van der Waals surface area contributed by atoms with Crippen LogP contribution in [0.1, 0.15) is 38.1 Å². The zero-order chi connectivity index (χ0) is 25.6. The Morgan fingerprint density at radius 3 is 2.61 bits per heavy atom. The SMILES string of the molecule is Cc1nc(NCC2CCOC2)nc(N[C@@H]2C[C@H](C(C)(C)O)[C@@H](O)[C@H]2O)c1-c1nc2c(C)nccc2s1. The molecule has 1 saturated heterocycles. The molecule has 0 bridgehead atoms. The van der Waals surface area contributed by atoms with Crippen molar-refractivity contribution >= 4 is 33.3 Å². The van der Waals surface area contributed by atoms with Crippen molar-refractivity contribution in [3.63, 3.8) is 0 Å². The van der Waals surface area contributed by atoms with E-state index in [1.54, 1.807) is 20.0 Å². The molecular weight excluding hydrogens is 480 g/mol. The second-order valence-corrected chi connectivity index (χ2v) is 11.5. The number of thiazole rings is 1. The Bertz CT molecular complexity index is 1240. The predicted octanol–water partition coefficient (Wildman–Crippen LogP) is 2.51. The molecular formula is C25H34N6O4S. The molecule has 1 saturated carbocycles. The number of hydrogen-bond acceptors (Lipinski definition) is 11. The number of nitrogens with zero attached hydrogens (tertiary/aromatic N) is 4. The second kappa shape index (κ2) is 9.79. The predicted molar refractivity (Wildman–Crippen MR) is 139 cm³/mol. The van der Waals surface area contributed by atoms with E-state index in [1.165, 1.54) is 11.3 Å². The topological polar surface area (TPSA) is 146 Å². The summed E-state index contributed by atoms with van der Waals surface area (Å²) in [7, 11) is 0. The Kier molecular flexibility index (Phi) is 6.86. The van der Waals surface area contributed by atoms with Crippen molar-refractivity contribution in [1.29, 1.82) is 0 Å². The molecule has 5 atom stereocenters. The quantitative estimate of drug-likeness (QED) is 0.319. The third kappa shape index (κ3) is 4.90. The molecule has 0 aromatic carbocycles. The molecule has 4 heterocycles. The van der Waals surface area contributed by atoms with Crippen molar-refractivity contribution in [3.8, 4) is 10.6 Å². The number of rotatable bonds is 7. The lowest BCUT2D eigenvalue weighted by Crippen LogP contribution is -2.40. The monoisotopic (exact) mass is 514 g/mol. The first-order valence-corrected chi connectivity index (χ1v) is 13.2. The number of ether oxygens (including phenoxy) is 1. The number of aliphatic hydroxyl groups excluding tert-OH is 2. The van der Waals surface area contributed by atoms with Crippen LogP contribution < -0.4 is 10.6 Å². The van der Waals surface area contributed by atoms with Crippen LogP contribution in [0.25, 0.3) is 20.8 Å². The summed E-state index contributed by atoms with van der Waals surface area (Å²) in [6.07, 6.45) is 1.05. The van der Waals surface area contributed by atoms with E-state index in [0.717, 1.165) is 51.8 Å². The largest absolute Gasteiger partial charge is 0.390 e. The van der Waals surface area contributed by atoms with E-state index >= 15 is 0 Å². The van der Waals surface area contributed by atoms with Crippen molar-refractivity contribution < 1.29 is 20.1 Å². The standard InChI is InChI=1S/C25H34N6O4S/c1-12-18(23-30-19-13(2)26-7-5-17(19)36-23)22(31-24(28-12)27-10-14-6-8-35-11-14)29-16-9-15(25(3,4)34)20(32)21(16)33/h5,7,14-16,20-21,32-34H,6,8-11H2,1-4H3,(H2,27,28,29,31)/t14?,15-,16+,20+,21-/m0/s1. The number of aryl methyl sites for hydroxylation is 2. The second-order valence-electron chi connectivity index (χ2n) is 10.5. The van der Waals surface area contributed by atoms with Gasteiger partial charge in [-0.25, -0.2) is 9.97 Å². The molecule has 0 spiro atoms. The van der Waals surface area contributed by atoms with Gasteiger partial charge in [0.25, 0.3) is 0 Å². The molecule has 11 heteroatoms. The van der Waals surface area contributed by atoms with Gasteiger partial charge in [-0.1, -0.05) is 0 Å². The average Bonchev–Trinajstić information content (AvgIpc) is 3.54. The average molecular weight is 515 g/mol. The van der Waals surface area contributed by atoms with Crippen LogP contribution >= 0.6 is 11.3 Å². The van der Waals surface area contributed by atoms with Crippen LogP contribution in [0.3, 0.4) is 0 Å². The Morgan fingerprint density at radius 2 is 1.94 bits per heavy atom. The van der Waals surface area contributed by atoms with E-state index < -0.39 is 29.8 Å². The molecule has 1 aliphatic heterocycles. The smallest absolute Gasteiger partial charge is 0.224 e. The van der Waals surface area contributed by atoms with Gasteiger partial charge in [0.2, 0.25) is 5.95 Å². The van der Waals surface area contributed by atoms with Gasteiger partial charge in [-0.3, -0.25) is 4.98 Å². The maximum absolute atomic E-state index is 10.8. The highest BCUT2D eigenvalue weighted by Crippen LogP contribution is 2.40. The van der Waals surface area contributed by atoms with Crippen LogP contribution in [-0.2, 0) is 4.74 Å². The maximum Gasteiger partial charge on any atom is 0.224 e. The fourth-order valence-electron chi connectivity index (χ4n) is 5.14. The van der Waals surface area contributed by atoms with Crippen LogP contribution in [0.15, 0.2) is 12.3 Å². The number of pyridine rings is 1. The third-order valence-electron chi connectivity index (χ3n) is 7.28. The molecule has 5 rings (SSSR count). The summed E-state index contributed by atoms with van der Waals surface area (Å²) in [6.45, 7) is 9.36. The number of hydrogen-bond donors (Lipinski definition) is 5. The Balaban J connectivity index is 1.51. The lowest BCUT2D eigenvalue weighted by atomic mass is 9.88. The minimum Gasteiger partial charge on any atom is -0.390 e. The summed E-state index contributed by atoms with van der Waals surface area (Å²) in [4.78, 5) is 18.7. The van der Waals surface area contributed by atoms with E-state index in [2.05, 4.69) is 15.6 Å². The van der Waals surface area contributed by atoms with Gasteiger partial charge >= 0.3 is 0 Å². The molecule has 2 aliphatic rings. The summed E-state index contributed by atoms with van der Waals surface area (Å²) < 4.78 is 6.50. The fourth-order valence-corrected chi connectivity index (χ4v) is 6.25. The van der Waals surface area contributed by atoms with E-state index in [4.69, 9.17) is 19.7 Å². The van der Waals surface area contributed by atoms with E-state index in [0.29, 0.717) is 30.6 Å². The molecule has 36 heavy (non-hydrogen) atoms. The highest BCUT2D eigenvalue weighted by atomic mass is 32.1. The summed E-state index contributed by atoms with van der Waals surface area (Å²) in [5.74, 6) is 0.943. The molecule has 3 aromatic rings. The molecule has 2 fully saturated rings. The number of aliphatic hydroxyl groups is 3. The molecule has 0 amide bonds. The van der Waals surface area contributed by atoms with E-state index in [9.17, 15) is 15.3 Å². The Labute approximate surface area is 214 Å². The lowest BCUT2D eigenvalue weighted by molar-refractivity contribution is -0.0601. The van der Waals surface area contributed by atoms with Crippen LogP contribution in [0.2, 0.25) is 0 Å². The van der Waals surface area contributed by atoms with Crippen molar-refractivity contribution in [2.75, 3.05) is 30.4 Å². The summed E-state index contributed by atoms with van der Waals surface area (Å²) in [5.41, 5.74) is 2.05. The maximum atomic E-state index is 10.8. The van der Waals surface area contributed by atoms with Crippen LogP contribution in [0.4, 0.5) is 11.8 Å². The summed E-state index contributed by atoms with van der Waals surface area (Å²) in [6, 6.07) is 1.44. The zero-order valence-corrected chi connectivity index (χ0v) is 21.8. The summed E-state index contributed by atoms with van der Waals surface area (Å²) >= 11 is 1.54. The zero-order valence-electron chi connectivity index (χ0n) is 21.0. The normalized spacial score (nSPS) is 26.6. The first-order chi connectivity index (χ1) is 17.1. The number of nitrogens with one attached hydrogen (secondary N) is 2. The first kappa shape index (κ1) is 25.2. The molecule has 194 valence electrons. The van der Waals surface area contributed by atoms with Crippen LogP contribution in [0.5, 0.6) is 0 Å². The minimum absolute atomic E-state index is 0.388. The van der Waals surface area contributed by atoms with Crippen molar-refractivity contribution in [2.45, 2.75) is 64.4 Å². The van der Waals surface area contributed by atoms with Gasteiger partial charge in [-0.2, -0.15) is 4.98 Å². The van der Waals surface area contributed by atoms with Crippen LogP contribution in [0, 0.1) is 25.7 Å². The van der Waals surface area contributed by atoms with E-state index in [-0.39, 0.29) is 0 Å². The molecule has 5 N–H and O–H groups in total. The summed E-state index contributed by atoms with van der Waals surface area (Å²) in [5, 5.41) is 39.5. The van der Waals surface area contributed by atoms with Crippen molar-refractivity contribution in [1.82, 2.24) is 19.9 Å². The van der Waals surface area contributed by atoms with Gasteiger partial charge in [0.05, 0.1) is 46.0 Å². The number of fused-ring (bicyclic) bond motifs is 1. The molecule has 0 radical (unpaired) electrons. The molecule has 3 aromatic heterocycles. The third-order valence-corrected chi connectivity index (χ3v) is 8.32. The Hall–Kier alpha value is -2.44. The van der Waals surface area contributed by atoms with Gasteiger partial charge in [-0.05, 0) is 46.6 Å². The first-order valence-electron chi connectivity index (χ1n) is 12.4. The molecule has 1 aliphatic carbocycles. The van der Waals surface area contributed by atoms with Gasteiger partial charge < -0.3 is 30.7 Å². The van der Waals surface area contributed by atoms with Crippen molar-refractivity contribution in [3.05, 3.63) is 23.7 Å². The Morgan fingerprint density at radius 1 is 1.14 bits per heavy atom. The minimum atomic E-state index is -1.13. The molecule has 10 nitrogen and oxygen atoms in total. The van der Waals surface area contributed by atoms with Gasteiger partial charge in [0.15, 0.2) is 0 Å². The number of anilines is 2. The highest BCUT2D eigenvalue weighted by molar-refractivity contribution is 7.21. The van der Waals surface area contributed by atoms with Gasteiger partial charge in [0.1, 0.15) is 22.4 Å². The molecule has 1 unspecified atom stereocenters. The van der Waals surface area contributed by atoms with Gasteiger partial charge in [-0.15, -0.1) is 11.3 Å².